The molecule has 0 aliphatic heterocycles. The van der Waals surface area contributed by atoms with Crippen molar-refractivity contribution in [3.8, 4) is 23.1 Å². The number of nitrogens with zero attached hydrogens (tertiary/aromatic N) is 5. The van der Waals surface area contributed by atoms with E-state index in [2.05, 4.69) is 25.7 Å². The maximum Gasteiger partial charge on any atom is 0.296 e. The molecule has 1 amide bonds. The Balaban J connectivity index is 1.43. The molecular weight excluding hydrogens is 388 g/mol. The average Bonchev–Trinajstić information content (AvgIpc) is 3.34. The first kappa shape index (κ1) is 18.9. The molecule has 0 radical (unpaired) electrons. The fourth-order valence-electron chi connectivity index (χ4n) is 2.61. The normalized spacial score (nSPS) is 10.8. The molecule has 9 heteroatoms. The standard InChI is InChI=1S/C20H18N6O2S/c1-13-8-10-14(11-9-13)17-22-19(28-25-17)18-23-24-20(26(18)2)29-12-16(27)21-15-6-4-3-5-7-15/h3-11H,12H2,1-2H3,(H,21,27). The van der Waals surface area contributed by atoms with Crippen molar-refractivity contribution < 1.29 is 9.32 Å². The summed E-state index contributed by atoms with van der Waals surface area (Å²) in [5.74, 6) is 1.29. The highest BCUT2D eigenvalue weighted by molar-refractivity contribution is 7.99. The molecule has 29 heavy (non-hydrogen) atoms. The number of benzene rings is 2. The van der Waals surface area contributed by atoms with Crippen molar-refractivity contribution in [2.45, 2.75) is 12.1 Å². The summed E-state index contributed by atoms with van der Waals surface area (Å²) in [6, 6.07) is 17.2. The number of hydrogen-bond acceptors (Lipinski definition) is 7. The fourth-order valence-corrected chi connectivity index (χ4v) is 3.32. The summed E-state index contributed by atoms with van der Waals surface area (Å²) in [6.45, 7) is 2.02. The van der Waals surface area contributed by atoms with E-state index in [0.717, 1.165) is 16.8 Å². The zero-order chi connectivity index (χ0) is 20.2. The molecule has 0 atom stereocenters. The zero-order valence-corrected chi connectivity index (χ0v) is 16.7. The molecule has 0 fully saturated rings. The molecular formula is C20H18N6O2S. The van der Waals surface area contributed by atoms with Gasteiger partial charge in [-0.05, 0) is 19.1 Å². The van der Waals surface area contributed by atoms with Crippen LogP contribution in [-0.2, 0) is 11.8 Å². The number of rotatable bonds is 6. The van der Waals surface area contributed by atoms with Gasteiger partial charge < -0.3 is 14.4 Å². The quantitative estimate of drug-likeness (QED) is 0.489. The van der Waals surface area contributed by atoms with E-state index in [-0.39, 0.29) is 17.6 Å². The molecule has 8 nitrogen and oxygen atoms in total. The molecule has 4 aromatic rings. The highest BCUT2D eigenvalue weighted by Crippen LogP contribution is 2.24. The maximum absolute atomic E-state index is 12.1. The van der Waals surface area contributed by atoms with Gasteiger partial charge in [-0.15, -0.1) is 10.2 Å². The van der Waals surface area contributed by atoms with Crippen LogP contribution in [-0.4, -0.2) is 36.6 Å². The number of thioether (sulfide) groups is 1. The van der Waals surface area contributed by atoms with Crippen molar-refractivity contribution in [3.63, 3.8) is 0 Å². The van der Waals surface area contributed by atoms with E-state index in [4.69, 9.17) is 4.52 Å². The van der Waals surface area contributed by atoms with Gasteiger partial charge in [-0.1, -0.05) is 64.9 Å². The molecule has 0 spiro atoms. The number of amides is 1. The third-order valence-electron chi connectivity index (χ3n) is 4.15. The Labute approximate surface area is 171 Å². The van der Waals surface area contributed by atoms with Crippen LogP contribution < -0.4 is 5.32 Å². The van der Waals surface area contributed by atoms with Crippen LogP contribution in [0.15, 0.2) is 64.3 Å². The molecule has 0 aliphatic rings. The Morgan fingerprint density at radius 1 is 1.10 bits per heavy atom. The number of hydrogen-bond donors (Lipinski definition) is 1. The van der Waals surface area contributed by atoms with Gasteiger partial charge in [-0.25, -0.2) is 0 Å². The van der Waals surface area contributed by atoms with Crippen LogP contribution in [0.25, 0.3) is 23.1 Å². The van der Waals surface area contributed by atoms with Crippen LogP contribution in [0.3, 0.4) is 0 Å². The number of aryl methyl sites for hydroxylation is 1. The number of carbonyl (C=O) groups is 1. The third-order valence-corrected chi connectivity index (χ3v) is 5.17. The second-order valence-electron chi connectivity index (χ2n) is 6.36. The number of anilines is 1. The van der Waals surface area contributed by atoms with Gasteiger partial charge in [0.1, 0.15) is 0 Å². The second-order valence-corrected chi connectivity index (χ2v) is 7.30. The smallest absolute Gasteiger partial charge is 0.296 e. The van der Waals surface area contributed by atoms with Gasteiger partial charge in [-0.3, -0.25) is 4.79 Å². The summed E-state index contributed by atoms with van der Waals surface area (Å²) in [7, 11) is 1.79. The summed E-state index contributed by atoms with van der Waals surface area (Å²) in [5, 5.41) is 15.7. The lowest BCUT2D eigenvalue weighted by atomic mass is 10.1. The van der Waals surface area contributed by atoms with Crippen LogP contribution >= 0.6 is 11.8 Å². The largest absolute Gasteiger partial charge is 0.330 e. The predicted octanol–water partition coefficient (Wildman–Crippen LogP) is 3.57. The first-order chi connectivity index (χ1) is 14.1. The van der Waals surface area contributed by atoms with Crippen LogP contribution in [0.2, 0.25) is 0 Å². The average molecular weight is 406 g/mol. The molecule has 0 aliphatic carbocycles. The van der Waals surface area contributed by atoms with Crippen LogP contribution in [0.5, 0.6) is 0 Å². The number of aromatic nitrogens is 5. The minimum Gasteiger partial charge on any atom is -0.330 e. The molecule has 0 unspecified atom stereocenters. The van der Waals surface area contributed by atoms with Gasteiger partial charge in [0, 0.05) is 18.3 Å². The minimum absolute atomic E-state index is 0.120. The summed E-state index contributed by atoms with van der Waals surface area (Å²) >= 11 is 1.28. The van der Waals surface area contributed by atoms with Gasteiger partial charge in [-0.2, -0.15) is 4.98 Å². The Kier molecular flexibility index (Phi) is 5.39. The van der Waals surface area contributed by atoms with E-state index in [1.54, 1.807) is 11.6 Å². The lowest BCUT2D eigenvalue weighted by Crippen LogP contribution is -2.14. The fraction of sp³-hybridized carbons (Fsp3) is 0.150. The van der Waals surface area contributed by atoms with E-state index >= 15 is 0 Å². The molecule has 2 aromatic heterocycles. The Hall–Kier alpha value is -3.46. The lowest BCUT2D eigenvalue weighted by Gasteiger charge is -2.04. The number of carbonyl (C=O) groups excluding carboxylic acids is 1. The van der Waals surface area contributed by atoms with Crippen LogP contribution in [0, 0.1) is 6.92 Å². The van der Waals surface area contributed by atoms with Crippen molar-refractivity contribution in [2.24, 2.45) is 7.05 Å². The van der Waals surface area contributed by atoms with Gasteiger partial charge in [0.05, 0.1) is 5.75 Å². The molecule has 2 aromatic carbocycles. The molecule has 146 valence electrons. The first-order valence-corrected chi connectivity index (χ1v) is 9.87. The van der Waals surface area contributed by atoms with Crippen molar-refractivity contribution in [1.29, 1.82) is 0 Å². The summed E-state index contributed by atoms with van der Waals surface area (Å²) in [5.41, 5.74) is 2.77. The Morgan fingerprint density at radius 3 is 2.62 bits per heavy atom. The molecule has 0 saturated heterocycles. The van der Waals surface area contributed by atoms with Crippen LogP contribution in [0.1, 0.15) is 5.56 Å². The summed E-state index contributed by atoms with van der Waals surface area (Å²) in [4.78, 5) is 16.5. The highest BCUT2D eigenvalue weighted by atomic mass is 32.2. The van der Waals surface area contributed by atoms with Crippen molar-refractivity contribution in [3.05, 3.63) is 60.2 Å². The highest BCUT2D eigenvalue weighted by Gasteiger charge is 2.19. The van der Waals surface area contributed by atoms with E-state index in [9.17, 15) is 4.79 Å². The Bertz CT molecular complexity index is 1120. The second kappa shape index (κ2) is 8.27. The summed E-state index contributed by atoms with van der Waals surface area (Å²) < 4.78 is 7.09. The SMILES string of the molecule is Cc1ccc(-c2noc(-c3nnc(SCC(=O)Nc4ccccc4)n3C)n2)cc1. The third kappa shape index (κ3) is 4.35. The van der Waals surface area contributed by atoms with Crippen molar-refractivity contribution in [1.82, 2.24) is 24.9 Å². The molecule has 2 heterocycles. The first-order valence-electron chi connectivity index (χ1n) is 8.88. The molecule has 0 bridgehead atoms. The van der Waals surface area contributed by atoms with E-state index in [1.165, 1.54) is 11.8 Å². The topological polar surface area (TPSA) is 98.7 Å². The lowest BCUT2D eigenvalue weighted by molar-refractivity contribution is -0.113. The molecule has 4 rings (SSSR count). The monoisotopic (exact) mass is 406 g/mol. The van der Waals surface area contributed by atoms with Crippen molar-refractivity contribution >= 4 is 23.4 Å². The number of nitrogens with one attached hydrogen (secondary N) is 1. The Morgan fingerprint density at radius 2 is 1.86 bits per heavy atom. The maximum atomic E-state index is 12.1. The molecule has 0 saturated carbocycles. The minimum atomic E-state index is -0.120. The summed E-state index contributed by atoms with van der Waals surface area (Å²) in [6.07, 6.45) is 0. The molecule has 1 N–H and O–H groups in total. The van der Waals surface area contributed by atoms with E-state index in [0.29, 0.717) is 16.8 Å². The van der Waals surface area contributed by atoms with E-state index in [1.807, 2.05) is 61.5 Å². The zero-order valence-electron chi connectivity index (χ0n) is 15.9. The van der Waals surface area contributed by atoms with Gasteiger partial charge in [0.2, 0.25) is 17.6 Å². The predicted molar refractivity (Wildman–Crippen MR) is 110 cm³/mol. The van der Waals surface area contributed by atoms with Crippen LogP contribution in [0.4, 0.5) is 5.69 Å². The van der Waals surface area contributed by atoms with Crippen molar-refractivity contribution in [2.75, 3.05) is 11.1 Å². The van der Waals surface area contributed by atoms with Gasteiger partial charge >= 0.3 is 0 Å². The number of para-hydroxylation sites is 1. The van der Waals surface area contributed by atoms with Gasteiger partial charge in [0.25, 0.3) is 5.89 Å². The van der Waals surface area contributed by atoms with Gasteiger partial charge in [0.15, 0.2) is 5.16 Å². The van der Waals surface area contributed by atoms with E-state index < -0.39 is 0 Å².